The maximum atomic E-state index is 12.7. The molecule has 2 fully saturated rings. The minimum absolute atomic E-state index is 0.0277. The number of ether oxygens (including phenoxy) is 1. The van der Waals surface area contributed by atoms with E-state index in [4.69, 9.17) is 4.74 Å². The van der Waals surface area contributed by atoms with Crippen LogP contribution in [-0.2, 0) is 21.2 Å². The molecule has 0 aliphatic carbocycles. The highest BCUT2D eigenvalue weighted by atomic mass is 32.2. The summed E-state index contributed by atoms with van der Waals surface area (Å²) in [5.74, 6) is 0.647. The summed E-state index contributed by atoms with van der Waals surface area (Å²) < 4.78 is 32.3. The van der Waals surface area contributed by atoms with Crippen LogP contribution in [0.5, 0.6) is 5.75 Å². The SMILES string of the molecule is O=C1NC[C@H]2CN(S(=O)(=O)c3ccc4c(c3)CCO4)C[C@@H]12. The normalized spacial score (nSPS) is 28.1. The summed E-state index contributed by atoms with van der Waals surface area (Å²) >= 11 is 0. The highest BCUT2D eigenvalue weighted by Crippen LogP contribution is 2.33. The fraction of sp³-hybridized carbons (Fsp3) is 0.500. The van der Waals surface area contributed by atoms with Crippen LogP contribution in [0.4, 0.5) is 0 Å². The van der Waals surface area contributed by atoms with Gasteiger partial charge in [0.25, 0.3) is 0 Å². The number of hydrogen-bond donors (Lipinski definition) is 1. The van der Waals surface area contributed by atoms with Gasteiger partial charge < -0.3 is 10.1 Å². The molecule has 6 nitrogen and oxygen atoms in total. The molecule has 1 N–H and O–H groups in total. The van der Waals surface area contributed by atoms with Gasteiger partial charge in [-0.1, -0.05) is 0 Å². The number of nitrogens with zero attached hydrogens (tertiary/aromatic N) is 1. The molecule has 3 aliphatic rings. The number of sulfonamides is 1. The molecule has 7 heteroatoms. The van der Waals surface area contributed by atoms with Gasteiger partial charge in [-0.15, -0.1) is 0 Å². The van der Waals surface area contributed by atoms with Crippen LogP contribution in [0, 0.1) is 11.8 Å². The molecule has 1 amide bonds. The van der Waals surface area contributed by atoms with Gasteiger partial charge in [0.05, 0.1) is 17.4 Å². The molecular weight excluding hydrogens is 292 g/mol. The van der Waals surface area contributed by atoms with Crippen molar-refractivity contribution in [2.24, 2.45) is 11.8 Å². The third-order valence-electron chi connectivity index (χ3n) is 4.58. The average Bonchev–Trinajstić information content (AvgIpc) is 3.15. The van der Waals surface area contributed by atoms with Crippen molar-refractivity contribution in [1.82, 2.24) is 9.62 Å². The van der Waals surface area contributed by atoms with Crippen LogP contribution in [0.15, 0.2) is 23.1 Å². The summed E-state index contributed by atoms with van der Waals surface area (Å²) in [7, 11) is -3.53. The first kappa shape index (κ1) is 13.1. The van der Waals surface area contributed by atoms with E-state index in [0.29, 0.717) is 24.6 Å². The number of fused-ring (bicyclic) bond motifs is 2. The lowest BCUT2D eigenvalue weighted by molar-refractivity contribution is -0.122. The van der Waals surface area contributed by atoms with Gasteiger partial charge in [-0.25, -0.2) is 8.42 Å². The number of amides is 1. The molecule has 0 unspecified atom stereocenters. The van der Waals surface area contributed by atoms with Crippen LogP contribution in [0.2, 0.25) is 0 Å². The summed E-state index contributed by atoms with van der Waals surface area (Å²) in [6.07, 6.45) is 0.742. The van der Waals surface area contributed by atoms with E-state index < -0.39 is 10.0 Å². The van der Waals surface area contributed by atoms with Gasteiger partial charge in [-0.05, 0) is 23.8 Å². The largest absolute Gasteiger partial charge is 0.493 e. The zero-order chi connectivity index (χ0) is 14.6. The Morgan fingerprint density at radius 3 is 2.95 bits per heavy atom. The van der Waals surface area contributed by atoms with Crippen molar-refractivity contribution in [1.29, 1.82) is 0 Å². The van der Waals surface area contributed by atoms with Crippen molar-refractivity contribution < 1.29 is 17.9 Å². The van der Waals surface area contributed by atoms with Crippen molar-refractivity contribution in [2.75, 3.05) is 26.2 Å². The lowest BCUT2D eigenvalue weighted by Gasteiger charge is -2.17. The molecule has 4 rings (SSSR count). The van der Waals surface area contributed by atoms with Gasteiger partial charge in [0.2, 0.25) is 15.9 Å². The lowest BCUT2D eigenvalue weighted by atomic mass is 10.0. The Bertz CT molecular complexity index is 716. The zero-order valence-electron chi connectivity index (χ0n) is 11.4. The van der Waals surface area contributed by atoms with E-state index in [1.165, 1.54) is 4.31 Å². The highest BCUT2D eigenvalue weighted by molar-refractivity contribution is 7.89. The van der Waals surface area contributed by atoms with Gasteiger partial charge in [0, 0.05) is 32.0 Å². The van der Waals surface area contributed by atoms with Gasteiger partial charge in [0.15, 0.2) is 0 Å². The lowest BCUT2D eigenvalue weighted by Crippen LogP contribution is -2.33. The third kappa shape index (κ3) is 1.95. The van der Waals surface area contributed by atoms with E-state index in [-0.39, 0.29) is 24.3 Å². The van der Waals surface area contributed by atoms with E-state index in [9.17, 15) is 13.2 Å². The smallest absolute Gasteiger partial charge is 0.243 e. The molecule has 2 saturated heterocycles. The van der Waals surface area contributed by atoms with Gasteiger partial charge in [0.1, 0.15) is 5.75 Å². The molecule has 0 radical (unpaired) electrons. The van der Waals surface area contributed by atoms with Crippen LogP contribution in [0.1, 0.15) is 5.56 Å². The molecule has 3 aliphatic heterocycles. The number of carbonyl (C=O) groups is 1. The Labute approximate surface area is 123 Å². The average molecular weight is 308 g/mol. The van der Waals surface area contributed by atoms with Gasteiger partial charge in [-0.3, -0.25) is 4.79 Å². The Morgan fingerprint density at radius 2 is 2.14 bits per heavy atom. The number of hydrogen-bond acceptors (Lipinski definition) is 4. The molecular formula is C14H16N2O4S. The topological polar surface area (TPSA) is 75.7 Å². The fourth-order valence-corrected chi connectivity index (χ4v) is 4.94. The van der Waals surface area contributed by atoms with Crippen LogP contribution >= 0.6 is 0 Å². The number of nitrogens with one attached hydrogen (secondary N) is 1. The highest BCUT2D eigenvalue weighted by Gasteiger charge is 2.46. The van der Waals surface area contributed by atoms with Crippen LogP contribution < -0.4 is 10.1 Å². The minimum atomic E-state index is -3.53. The molecule has 1 aromatic rings. The van der Waals surface area contributed by atoms with Crippen molar-refractivity contribution in [2.45, 2.75) is 11.3 Å². The second-order valence-corrected chi connectivity index (χ2v) is 7.74. The number of benzene rings is 1. The molecule has 0 aromatic heterocycles. The standard InChI is InChI=1S/C14H16N2O4S/c17-14-12-8-16(7-10(12)6-15-14)21(18,19)11-1-2-13-9(5-11)3-4-20-13/h1-2,5,10,12H,3-4,6-8H2,(H,15,17)/t10-,12+/m0/s1. The maximum Gasteiger partial charge on any atom is 0.243 e. The summed E-state index contributed by atoms with van der Waals surface area (Å²) in [6.45, 7) is 1.88. The molecule has 0 bridgehead atoms. The molecule has 0 saturated carbocycles. The summed E-state index contributed by atoms with van der Waals surface area (Å²) in [5, 5.41) is 2.79. The number of rotatable bonds is 2. The second kappa shape index (κ2) is 4.45. The van der Waals surface area contributed by atoms with E-state index in [1.54, 1.807) is 18.2 Å². The molecule has 2 atom stereocenters. The molecule has 3 heterocycles. The predicted molar refractivity (Wildman–Crippen MR) is 74.4 cm³/mol. The first-order valence-electron chi connectivity index (χ1n) is 7.09. The van der Waals surface area contributed by atoms with Crippen molar-refractivity contribution >= 4 is 15.9 Å². The molecule has 0 spiro atoms. The van der Waals surface area contributed by atoms with Gasteiger partial charge in [-0.2, -0.15) is 4.31 Å². The Morgan fingerprint density at radius 1 is 1.29 bits per heavy atom. The predicted octanol–water partition coefficient (Wildman–Crippen LogP) is -0.0120. The van der Waals surface area contributed by atoms with Crippen molar-refractivity contribution in [3.8, 4) is 5.75 Å². The quantitative estimate of drug-likeness (QED) is 0.834. The fourth-order valence-electron chi connectivity index (χ4n) is 3.37. The number of carbonyl (C=O) groups excluding carboxylic acids is 1. The van der Waals surface area contributed by atoms with Gasteiger partial charge >= 0.3 is 0 Å². The van der Waals surface area contributed by atoms with Crippen LogP contribution in [-0.4, -0.2) is 44.9 Å². The van der Waals surface area contributed by atoms with E-state index in [0.717, 1.165) is 17.7 Å². The van der Waals surface area contributed by atoms with Crippen LogP contribution in [0.3, 0.4) is 0 Å². The minimum Gasteiger partial charge on any atom is -0.493 e. The molecule has 112 valence electrons. The van der Waals surface area contributed by atoms with E-state index in [1.807, 2.05) is 0 Å². The Hall–Kier alpha value is -1.60. The van der Waals surface area contributed by atoms with E-state index >= 15 is 0 Å². The monoisotopic (exact) mass is 308 g/mol. The summed E-state index contributed by atoms with van der Waals surface area (Å²) in [6, 6.07) is 5.01. The summed E-state index contributed by atoms with van der Waals surface area (Å²) in [5.41, 5.74) is 0.938. The zero-order valence-corrected chi connectivity index (χ0v) is 12.2. The Balaban J connectivity index is 1.64. The second-order valence-electron chi connectivity index (χ2n) is 5.80. The summed E-state index contributed by atoms with van der Waals surface area (Å²) in [4.78, 5) is 12.0. The first-order valence-corrected chi connectivity index (χ1v) is 8.53. The Kier molecular flexibility index (Phi) is 2.77. The molecule has 1 aromatic carbocycles. The first-order chi connectivity index (χ1) is 10.1. The van der Waals surface area contributed by atoms with E-state index in [2.05, 4.69) is 5.32 Å². The van der Waals surface area contributed by atoms with Crippen molar-refractivity contribution in [3.05, 3.63) is 23.8 Å². The van der Waals surface area contributed by atoms with Crippen molar-refractivity contribution in [3.63, 3.8) is 0 Å². The van der Waals surface area contributed by atoms with Crippen LogP contribution in [0.25, 0.3) is 0 Å². The maximum absolute atomic E-state index is 12.7. The third-order valence-corrected chi connectivity index (χ3v) is 6.41. The molecule has 21 heavy (non-hydrogen) atoms.